The third-order valence-electron chi connectivity index (χ3n) is 4.36. The van der Waals surface area contributed by atoms with Gasteiger partial charge in [-0.05, 0) is 51.9 Å². The molecule has 1 aliphatic carbocycles. The molecule has 0 N–H and O–H groups in total. The molecule has 1 aliphatic rings. The molecule has 4 heteroatoms. The summed E-state index contributed by atoms with van der Waals surface area (Å²) in [5, 5.41) is 0. The molecule has 4 nitrogen and oxygen atoms in total. The first-order valence-corrected chi connectivity index (χ1v) is 8.48. The monoisotopic (exact) mass is 310 g/mol. The van der Waals surface area contributed by atoms with Gasteiger partial charge < -0.3 is 9.47 Å². The Bertz CT molecular complexity index is 390. The first kappa shape index (κ1) is 18.7. The van der Waals surface area contributed by atoms with Crippen molar-refractivity contribution < 1.29 is 19.1 Å². The highest BCUT2D eigenvalue weighted by molar-refractivity contribution is 5.91. The van der Waals surface area contributed by atoms with Crippen LogP contribution in [0.25, 0.3) is 0 Å². The summed E-state index contributed by atoms with van der Waals surface area (Å²) in [6.07, 6.45) is 9.63. The summed E-state index contributed by atoms with van der Waals surface area (Å²) in [5.74, 6) is -0.178. The second-order valence-electron chi connectivity index (χ2n) is 6.74. The van der Waals surface area contributed by atoms with Crippen LogP contribution in [0.4, 0.5) is 0 Å². The Kier molecular flexibility index (Phi) is 7.63. The summed E-state index contributed by atoms with van der Waals surface area (Å²) in [5.41, 5.74) is -0.511. The Morgan fingerprint density at radius 2 is 1.64 bits per heavy atom. The quantitative estimate of drug-likeness (QED) is 0.523. The predicted molar refractivity (Wildman–Crippen MR) is 86.3 cm³/mol. The highest BCUT2D eigenvalue weighted by atomic mass is 16.6. The molecule has 0 atom stereocenters. The molecule has 0 amide bonds. The summed E-state index contributed by atoms with van der Waals surface area (Å²) in [7, 11) is 0. The lowest BCUT2D eigenvalue weighted by Gasteiger charge is -2.27. The molecule has 0 heterocycles. The average molecular weight is 310 g/mol. The van der Waals surface area contributed by atoms with Gasteiger partial charge in [-0.3, -0.25) is 0 Å². The summed E-state index contributed by atoms with van der Waals surface area (Å²) in [4.78, 5) is 23.4. The Morgan fingerprint density at radius 3 is 2.18 bits per heavy atom. The molecule has 0 aromatic heterocycles. The minimum absolute atomic E-state index is 0.00615. The van der Waals surface area contributed by atoms with Gasteiger partial charge in [0, 0.05) is 12.2 Å². The fourth-order valence-electron chi connectivity index (χ4n) is 2.66. The van der Waals surface area contributed by atoms with Crippen molar-refractivity contribution in [3.05, 3.63) is 12.2 Å². The third-order valence-corrected chi connectivity index (χ3v) is 4.36. The minimum atomic E-state index is -0.511. The third kappa shape index (κ3) is 7.10. The number of carbonyl (C=O) groups is 2. The van der Waals surface area contributed by atoms with Gasteiger partial charge in [-0.1, -0.05) is 26.7 Å². The molecule has 0 aromatic rings. The van der Waals surface area contributed by atoms with Gasteiger partial charge in [0.15, 0.2) is 0 Å². The molecule has 0 aromatic carbocycles. The zero-order valence-electron chi connectivity index (χ0n) is 14.4. The van der Waals surface area contributed by atoms with E-state index in [-0.39, 0.29) is 6.10 Å². The Morgan fingerprint density at radius 1 is 1.05 bits per heavy atom. The van der Waals surface area contributed by atoms with Crippen LogP contribution in [0, 0.1) is 5.92 Å². The van der Waals surface area contributed by atoms with Crippen LogP contribution in [-0.2, 0) is 19.1 Å². The van der Waals surface area contributed by atoms with Crippen LogP contribution in [0.3, 0.4) is 0 Å². The van der Waals surface area contributed by atoms with E-state index in [0.29, 0.717) is 0 Å². The maximum Gasteiger partial charge on any atom is 0.331 e. The molecule has 0 bridgehead atoms. The maximum absolute atomic E-state index is 11.7. The van der Waals surface area contributed by atoms with E-state index in [2.05, 4.69) is 6.92 Å². The van der Waals surface area contributed by atoms with E-state index in [0.717, 1.165) is 44.1 Å². The highest BCUT2D eigenvalue weighted by Gasteiger charge is 2.23. The first-order valence-electron chi connectivity index (χ1n) is 8.48. The lowest BCUT2D eigenvalue weighted by Crippen LogP contribution is -2.26. The Labute approximate surface area is 134 Å². The van der Waals surface area contributed by atoms with Gasteiger partial charge in [0.05, 0.1) is 0 Å². The normalized spacial score (nSPS) is 22.5. The second kappa shape index (κ2) is 8.96. The second-order valence-corrected chi connectivity index (χ2v) is 6.74. The fourth-order valence-corrected chi connectivity index (χ4v) is 2.66. The maximum atomic E-state index is 11.7. The molecule has 1 rings (SSSR count). The van der Waals surface area contributed by atoms with Crippen molar-refractivity contribution in [1.82, 2.24) is 0 Å². The van der Waals surface area contributed by atoms with E-state index in [1.165, 1.54) is 18.9 Å². The lowest BCUT2D eigenvalue weighted by molar-refractivity contribution is -0.151. The molecule has 0 saturated heterocycles. The average Bonchev–Trinajstić information content (AvgIpc) is 2.47. The molecule has 0 radical (unpaired) electrons. The van der Waals surface area contributed by atoms with Crippen molar-refractivity contribution in [1.29, 1.82) is 0 Å². The van der Waals surface area contributed by atoms with Crippen LogP contribution in [0.2, 0.25) is 0 Å². The summed E-state index contributed by atoms with van der Waals surface area (Å²) >= 11 is 0. The number of ether oxygens (including phenoxy) is 2. The van der Waals surface area contributed by atoms with E-state index in [9.17, 15) is 9.59 Å². The standard InChI is InChI=1S/C18H30O4/c1-5-7-14-8-10-15(11-9-14)21-16(19)12-13-17(20)22-18(3,4)6-2/h12-15H,5-11H2,1-4H3/b13-12+. The van der Waals surface area contributed by atoms with Crippen LogP contribution < -0.4 is 0 Å². The van der Waals surface area contributed by atoms with E-state index in [1.807, 2.05) is 20.8 Å². The minimum Gasteiger partial charge on any atom is -0.459 e. The molecule has 0 unspecified atom stereocenters. The van der Waals surface area contributed by atoms with Crippen LogP contribution >= 0.6 is 0 Å². The van der Waals surface area contributed by atoms with Crippen molar-refractivity contribution >= 4 is 11.9 Å². The van der Waals surface area contributed by atoms with Crippen molar-refractivity contribution in [2.24, 2.45) is 5.92 Å². The molecular formula is C18H30O4. The van der Waals surface area contributed by atoms with Gasteiger partial charge in [-0.2, -0.15) is 0 Å². The van der Waals surface area contributed by atoms with Crippen molar-refractivity contribution in [2.45, 2.75) is 84.3 Å². The van der Waals surface area contributed by atoms with Crippen LogP contribution in [0.5, 0.6) is 0 Å². The Balaban J connectivity index is 2.31. The smallest absolute Gasteiger partial charge is 0.331 e. The van der Waals surface area contributed by atoms with E-state index in [1.54, 1.807) is 0 Å². The van der Waals surface area contributed by atoms with Gasteiger partial charge >= 0.3 is 11.9 Å². The van der Waals surface area contributed by atoms with E-state index in [4.69, 9.17) is 9.47 Å². The van der Waals surface area contributed by atoms with Crippen LogP contribution in [-0.4, -0.2) is 23.6 Å². The zero-order valence-corrected chi connectivity index (χ0v) is 14.4. The van der Waals surface area contributed by atoms with E-state index >= 15 is 0 Å². The van der Waals surface area contributed by atoms with Crippen LogP contribution in [0.15, 0.2) is 12.2 Å². The fraction of sp³-hybridized carbons (Fsp3) is 0.778. The van der Waals surface area contributed by atoms with Gasteiger partial charge in [-0.15, -0.1) is 0 Å². The number of hydrogen-bond acceptors (Lipinski definition) is 4. The molecule has 0 aliphatic heterocycles. The summed E-state index contributed by atoms with van der Waals surface area (Å²) < 4.78 is 10.6. The van der Waals surface area contributed by atoms with Gasteiger partial charge in [0.1, 0.15) is 11.7 Å². The molecule has 0 spiro atoms. The largest absolute Gasteiger partial charge is 0.459 e. The zero-order chi connectivity index (χ0) is 16.6. The Hall–Kier alpha value is -1.32. The summed E-state index contributed by atoms with van der Waals surface area (Å²) in [6, 6.07) is 0. The molecular weight excluding hydrogens is 280 g/mol. The van der Waals surface area contributed by atoms with Gasteiger partial charge in [0.2, 0.25) is 0 Å². The van der Waals surface area contributed by atoms with Crippen molar-refractivity contribution in [3.63, 3.8) is 0 Å². The topological polar surface area (TPSA) is 52.6 Å². The number of hydrogen-bond donors (Lipinski definition) is 0. The lowest BCUT2D eigenvalue weighted by atomic mass is 9.85. The van der Waals surface area contributed by atoms with Crippen LogP contribution in [0.1, 0.15) is 72.6 Å². The van der Waals surface area contributed by atoms with Crippen molar-refractivity contribution in [2.75, 3.05) is 0 Å². The first-order chi connectivity index (χ1) is 10.4. The number of rotatable bonds is 7. The van der Waals surface area contributed by atoms with Gasteiger partial charge in [-0.25, -0.2) is 9.59 Å². The highest BCUT2D eigenvalue weighted by Crippen LogP contribution is 2.29. The van der Waals surface area contributed by atoms with Gasteiger partial charge in [0.25, 0.3) is 0 Å². The number of esters is 2. The molecule has 1 fully saturated rings. The number of carbonyl (C=O) groups excluding carboxylic acids is 2. The SMILES string of the molecule is CCCC1CCC(OC(=O)/C=C/C(=O)OC(C)(C)CC)CC1. The predicted octanol–water partition coefficient (Wildman–Crippen LogP) is 4.18. The van der Waals surface area contributed by atoms with E-state index < -0.39 is 17.5 Å². The summed E-state index contributed by atoms with van der Waals surface area (Å²) in [6.45, 7) is 7.83. The van der Waals surface area contributed by atoms with Crippen molar-refractivity contribution in [3.8, 4) is 0 Å². The molecule has 126 valence electrons. The molecule has 22 heavy (non-hydrogen) atoms. The molecule has 1 saturated carbocycles.